The Labute approximate surface area is 165 Å². The summed E-state index contributed by atoms with van der Waals surface area (Å²) in [6, 6.07) is 10.2. The number of carbonyl (C=O) groups is 2. The maximum absolute atomic E-state index is 13.2. The van der Waals surface area contributed by atoms with E-state index in [-0.39, 0.29) is 29.2 Å². The summed E-state index contributed by atoms with van der Waals surface area (Å²) in [6.07, 6.45) is -1.84. The number of alkyl halides is 2. The predicted molar refractivity (Wildman–Crippen MR) is 104 cm³/mol. The second kappa shape index (κ2) is 8.38. The van der Waals surface area contributed by atoms with Gasteiger partial charge in [-0.25, -0.2) is 8.78 Å². The van der Waals surface area contributed by atoms with E-state index in [4.69, 9.17) is 4.74 Å². The maximum atomic E-state index is 13.2. The van der Waals surface area contributed by atoms with E-state index in [2.05, 4.69) is 0 Å². The molecule has 0 aliphatic heterocycles. The fourth-order valence-electron chi connectivity index (χ4n) is 3.32. The van der Waals surface area contributed by atoms with E-state index in [1.54, 1.807) is 43.4 Å². The number of benzene rings is 1. The van der Waals surface area contributed by atoms with E-state index in [1.807, 2.05) is 6.92 Å². The second-order valence-corrected chi connectivity index (χ2v) is 6.52. The number of nitrogens with zero attached hydrogens (tertiary/aromatic N) is 2. The molecule has 0 N–H and O–H groups in total. The minimum atomic E-state index is -2.76. The van der Waals surface area contributed by atoms with Gasteiger partial charge in [-0.3, -0.25) is 14.4 Å². The summed E-state index contributed by atoms with van der Waals surface area (Å²) in [5, 5.41) is 0.00770. The molecule has 0 atom stereocenters. The van der Waals surface area contributed by atoms with Crippen molar-refractivity contribution in [3.05, 3.63) is 63.7 Å². The van der Waals surface area contributed by atoms with Crippen LogP contribution in [-0.2, 0) is 20.0 Å². The van der Waals surface area contributed by atoms with Crippen molar-refractivity contribution in [1.29, 1.82) is 0 Å². The first-order chi connectivity index (χ1) is 13.9. The highest BCUT2D eigenvalue weighted by Crippen LogP contribution is 2.30. The number of hydrogen-bond donors (Lipinski definition) is 0. The van der Waals surface area contributed by atoms with Crippen LogP contribution in [0.1, 0.15) is 33.5 Å². The summed E-state index contributed by atoms with van der Waals surface area (Å²) in [4.78, 5) is 37.4. The molecule has 29 heavy (non-hydrogen) atoms. The van der Waals surface area contributed by atoms with Gasteiger partial charge in [-0.2, -0.15) is 0 Å². The normalized spacial score (nSPS) is 11.2. The molecule has 0 fully saturated rings. The van der Waals surface area contributed by atoms with Gasteiger partial charge in [-0.1, -0.05) is 37.3 Å². The molecule has 0 saturated carbocycles. The Bertz CT molecular complexity index is 1120. The van der Waals surface area contributed by atoms with E-state index in [0.717, 1.165) is 0 Å². The lowest BCUT2D eigenvalue weighted by atomic mass is 10.1. The number of ether oxygens (including phenoxy) is 1. The van der Waals surface area contributed by atoms with E-state index in [1.165, 1.54) is 9.13 Å². The Kier molecular flexibility index (Phi) is 5.91. The molecule has 0 aliphatic rings. The van der Waals surface area contributed by atoms with Crippen LogP contribution in [0.3, 0.4) is 0 Å². The first-order valence-electron chi connectivity index (χ1n) is 9.08. The van der Waals surface area contributed by atoms with Gasteiger partial charge in [0, 0.05) is 18.3 Å². The van der Waals surface area contributed by atoms with Gasteiger partial charge in [-0.15, -0.1) is 0 Å². The van der Waals surface area contributed by atoms with Gasteiger partial charge in [0.1, 0.15) is 17.7 Å². The first kappa shape index (κ1) is 20.4. The average molecular weight is 402 g/mol. The summed E-state index contributed by atoms with van der Waals surface area (Å²) in [5.74, 6) is -0.449. The van der Waals surface area contributed by atoms with Crippen molar-refractivity contribution in [1.82, 2.24) is 9.13 Å². The van der Waals surface area contributed by atoms with Crippen LogP contribution >= 0.6 is 0 Å². The Morgan fingerprint density at radius 1 is 1.24 bits per heavy atom. The Hall–Kier alpha value is -3.29. The van der Waals surface area contributed by atoms with Crippen molar-refractivity contribution in [2.75, 3.05) is 6.61 Å². The number of aromatic nitrogens is 2. The van der Waals surface area contributed by atoms with Crippen LogP contribution in [0.4, 0.5) is 8.78 Å². The fraction of sp³-hybridized carbons (Fsp3) is 0.286. The van der Waals surface area contributed by atoms with Crippen LogP contribution in [0.25, 0.3) is 10.9 Å². The number of pyridine rings is 1. The molecule has 0 radical (unpaired) electrons. The molecule has 0 spiro atoms. The van der Waals surface area contributed by atoms with Crippen LogP contribution in [0.5, 0.6) is 5.75 Å². The number of Topliss-reactive ketones (excluding diaryl/α,β-unsaturated/α-hetero) is 1. The molecule has 2 heterocycles. The molecule has 8 heteroatoms. The van der Waals surface area contributed by atoms with E-state index in [0.29, 0.717) is 29.5 Å². The van der Waals surface area contributed by atoms with Crippen LogP contribution in [-0.4, -0.2) is 34.2 Å². The molecule has 0 saturated heterocycles. The van der Waals surface area contributed by atoms with Crippen molar-refractivity contribution in [3.63, 3.8) is 0 Å². The molecule has 152 valence electrons. The highest BCUT2D eigenvalue weighted by atomic mass is 19.3. The molecule has 1 aromatic carbocycles. The van der Waals surface area contributed by atoms with Gasteiger partial charge < -0.3 is 13.9 Å². The molecular weight excluding hydrogens is 382 g/mol. The zero-order chi connectivity index (χ0) is 21.1. The Morgan fingerprint density at radius 3 is 2.52 bits per heavy atom. The zero-order valence-electron chi connectivity index (χ0n) is 16.0. The smallest absolute Gasteiger partial charge is 0.272 e. The maximum Gasteiger partial charge on any atom is 0.272 e. The number of halogens is 2. The number of hydrogen-bond acceptors (Lipinski definition) is 4. The third-order valence-electron chi connectivity index (χ3n) is 4.77. The minimum absolute atomic E-state index is 0.00746. The summed E-state index contributed by atoms with van der Waals surface area (Å²) < 4.78 is 33.2. The Balaban J connectivity index is 2.19. The standard InChI is InChI=1S/C21H20F2N2O4/c1-3-14-9-15-19(20(29-12-18(22)23)16(11-26)24(15)2)21(28)25(14)10-17(27)13-7-5-4-6-8-13/h4-9,11,18H,3,10,12H2,1-2H3. The lowest BCUT2D eigenvalue weighted by molar-refractivity contribution is 0.0815. The number of fused-ring (bicyclic) bond motifs is 1. The summed E-state index contributed by atoms with van der Waals surface area (Å²) in [5.41, 5.74) is 0.868. The van der Waals surface area contributed by atoms with Crippen LogP contribution in [0.2, 0.25) is 0 Å². The van der Waals surface area contributed by atoms with Crippen molar-refractivity contribution < 1.29 is 23.1 Å². The SMILES string of the molecule is CCc1cc2c(c(OCC(F)F)c(C=O)n2C)c(=O)n1CC(=O)c1ccccc1. The van der Waals surface area contributed by atoms with Gasteiger partial charge >= 0.3 is 0 Å². The van der Waals surface area contributed by atoms with Gasteiger partial charge in [0.05, 0.1) is 12.1 Å². The number of rotatable bonds is 8. The Morgan fingerprint density at radius 2 is 1.93 bits per heavy atom. The molecule has 3 aromatic rings. The van der Waals surface area contributed by atoms with Crippen LogP contribution in [0, 0.1) is 0 Å². The highest BCUT2D eigenvalue weighted by Gasteiger charge is 2.23. The average Bonchev–Trinajstić information content (AvgIpc) is 2.99. The molecule has 0 amide bonds. The first-order valence-corrected chi connectivity index (χ1v) is 9.08. The predicted octanol–water partition coefficient (Wildman–Crippen LogP) is 3.24. The second-order valence-electron chi connectivity index (χ2n) is 6.52. The summed E-state index contributed by atoms with van der Waals surface area (Å²) in [7, 11) is 1.56. The number of aldehydes is 1. The highest BCUT2D eigenvalue weighted by molar-refractivity contribution is 5.98. The molecular formula is C21H20F2N2O4. The molecule has 0 aliphatic carbocycles. The molecule has 6 nitrogen and oxygen atoms in total. The quantitative estimate of drug-likeness (QED) is 0.428. The minimum Gasteiger partial charge on any atom is -0.484 e. The van der Waals surface area contributed by atoms with Gasteiger partial charge in [0.15, 0.2) is 17.8 Å². The van der Waals surface area contributed by atoms with Crippen LogP contribution in [0.15, 0.2) is 41.2 Å². The summed E-state index contributed by atoms with van der Waals surface area (Å²) in [6.45, 7) is 0.682. The number of carbonyl (C=O) groups excluding carboxylic acids is 2. The van der Waals surface area contributed by atoms with E-state index in [9.17, 15) is 23.2 Å². The summed E-state index contributed by atoms with van der Waals surface area (Å²) >= 11 is 0. The van der Waals surface area contributed by atoms with E-state index >= 15 is 0 Å². The fourth-order valence-corrected chi connectivity index (χ4v) is 3.32. The van der Waals surface area contributed by atoms with Crippen molar-refractivity contribution in [2.24, 2.45) is 7.05 Å². The van der Waals surface area contributed by atoms with Crippen molar-refractivity contribution >= 4 is 23.0 Å². The number of aryl methyl sites for hydroxylation is 2. The van der Waals surface area contributed by atoms with Crippen LogP contribution < -0.4 is 10.3 Å². The number of ketones is 1. The lowest BCUT2D eigenvalue weighted by Gasteiger charge is -2.13. The third kappa shape index (κ3) is 3.83. The molecule has 2 aromatic heterocycles. The lowest BCUT2D eigenvalue weighted by Crippen LogP contribution is -2.27. The van der Waals surface area contributed by atoms with Gasteiger partial charge in [0.2, 0.25) is 0 Å². The molecule has 0 unspecified atom stereocenters. The van der Waals surface area contributed by atoms with Crippen molar-refractivity contribution in [2.45, 2.75) is 26.3 Å². The van der Waals surface area contributed by atoms with E-state index < -0.39 is 18.6 Å². The zero-order valence-corrected chi connectivity index (χ0v) is 16.0. The molecule has 0 bridgehead atoms. The monoisotopic (exact) mass is 402 g/mol. The largest absolute Gasteiger partial charge is 0.484 e. The molecule has 3 rings (SSSR count). The third-order valence-corrected chi connectivity index (χ3v) is 4.77. The van der Waals surface area contributed by atoms with Gasteiger partial charge in [0.25, 0.3) is 12.0 Å². The van der Waals surface area contributed by atoms with Crippen molar-refractivity contribution in [3.8, 4) is 5.75 Å². The van der Waals surface area contributed by atoms with Gasteiger partial charge in [-0.05, 0) is 12.5 Å². The topological polar surface area (TPSA) is 70.3 Å².